The maximum absolute atomic E-state index is 12.5. The van der Waals surface area contributed by atoms with Crippen molar-refractivity contribution in [3.63, 3.8) is 0 Å². The first-order valence-electron chi connectivity index (χ1n) is 11.6. The number of H-pyrrole nitrogens is 1. The zero-order chi connectivity index (χ0) is 26.9. The Bertz CT molecular complexity index is 1010. The van der Waals surface area contributed by atoms with Gasteiger partial charge in [0.15, 0.2) is 6.23 Å². The largest absolute Gasteiger partial charge is 0.372 e. The Morgan fingerprint density at radius 3 is 2.47 bits per heavy atom. The Morgan fingerprint density at radius 2 is 1.92 bits per heavy atom. The predicted octanol–water partition coefficient (Wildman–Crippen LogP) is 2.60. The van der Waals surface area contributed by atoms with Gasteiger partial charge >= 0.3 is 13.3 Å². The number of nitrogens with zero attached hydrogens (tertiary/aromatic N) is 3. The van der Waals surface area contributed by atoms with E-state index in [-0.39, 0.29) is 44.5 Å². The Balaban J connectivity index is 2.36. The first kappa shape index (κ1) is 30.8. The summed E-state index contributed by atoms with van der Waals surface area (Å²) in [5, 5.41) is 8.98. The molecule has 1 aromatic rings. The van der Waals surface area contributed by atoms with Gasteiger partial charge in [0, 0.05) is 38.6 Å². The summed E-state index contributed by atoms with van der Waals surface area (Å²) >= 11 is 0. The van der Waals surface area contributed by atoms with Crippen LogP contribution in [0.5, 0.6) is 0 Å². The van der Waals surface area contributed by atoms with Gasteiger partial charge in [-0.1, -0.05) is 0 Å². The third-order valence-electron chi connectivity index (χ3n) is 5.33. The molecule has 1 unspecified atom stereocenters. The van der Waals surface area contributed by atoms with Crippen molar-refractivity contribution in [1.82, 2.24) is 14.2 Å². The van der Waals surface area contributed by atoms with Gasteiger partial charge in [0.2, 0.25) is 0 Å². The van der Waals surface area contributed by atoms with Crippen molar-refractivity contribution in [2.45, 2.75) is 64.6 Å². The quantitative estimate of drug-likeness (QED) is 0.253. The van der Waals surface area contributed by atoms with Crippen LogP contribution in [-0.4, -0.2) is 78.7 Å². The molecule has 4 atom stereocenters. The minimum absolute atomic E-state index is 0.00400. The highest BCUT2D eigenvalue weighted by Gasteiger charge is 2.44. The number of hydrogen-bond donors (Lipinski definition) is 1. The number of rotatable bonds is 15. The average molecular weight is 550 g/mol. The number of aromatic nitrogens is 2. The van der Waals surface area contributed by atoms with Crippen LogP contribution < -0.4 is 11.2 Å². The Morgan fingerprint density at radius 1 is 1.25 bits per heavy atom. The van der Waals surface area contributed by atoms with E-state index in [4.69, 9.17) is 32.8 Å². The van der Waals surface area contributed by atoms with E-state index in [1.54, 1.807) is 0 Å². The lowest BCUT2D eigenvalue weighted by Gasteiger charge is -2.38. The van der Waals surface area contributed by atoms with Crippen LogP contribution in [0.3, 0.4) is 0 Å². The minimum atomic E-state index is -3.29. The lowest BCUT2D eigenvalue weighted by Crippen LogP contribution is -2.41. The average Bonchev–Trinajstić information content (AvgIpc) is 3.20. The molecular formula is C21H36N4O9P2. The zero-order valence-corrected chi connectivity index (χ0v) is 23.3. The monoisotopic (exact) mass is 550 g/mol. The molecule has 36 heavy (non-hydrogen) atoms. The van der Waals surface area contributed by atoms with E-state index in [0.29, 0.717) is 0 Å². The van der Waals surface area contributed by atoms with Crippen LogP contribution in [0.15, 0.2) is 21.9 Å². The summed E-state index contributed by atoms with van der Waals surface area (Å²) in [6, 6.07) is 3.36. The molecular weight excluding hydrogens is 514 g/mol. The van der Waals surface area contributed by atoms with Gasteiger partial charge in [-0.05, 0) is 27.7 Å². The van der Waals surface area contributed by atoms with Crippen molar-refractivity contribution < 1.29 is 32.1 Å². The summed E-state index contributed by atoms with van der Waals surface area (Å²) in [5.74, 6) is 0. The summed E-state index contributed by atoms with van der Waals surface area (Å²) in [6.45, 7) is 8.25. The van der Waals surface area contributed by atoms with E-state index in [1.165, 1.54) is 31.0 Å². The first-order chi connectivity index (χ1) is 17.1. The third kappa shape index (κ3) is 8.28. The summed E-state index contributed by atoms with van der Waals surface area (Å²) in [6.07, 6.45) is -0.908. The molecule has 1 fully saturated rings. The van der Waals surface area contributed by atoms with Crippen molar-refractivity contribution in [2.24, 2.45) is 0 Å². The molecule has 1 N–H and O–H groups in total. The molecule has 0 aromatic carbocycles. The summed E-state index contributed by atoms with van der Waals surface area (Å²) < 4.78 is 49.9. The van der Waals surface area contributed by atoms with Gasteiger partial charge in [0.25, 0.3) is 14.1 Å². The first-order valence-corrected chi connectivity index (χ1v) is 14.4. The van der Waals surface area contributed by atoms with E-state index < -0.39 is 45.8 Å². The van der Waals surface area contributed by atoms with E-state index >= 15 is 0 Å². The molecule has 2 rings (SSSR count). The van der Waals surface area contributed by atoms with Crippen molar-refractivity contribution in [3.05, 3.63) is 33.1 Å². The van der Waals surface area contributed by atoms with E-state index in [2.05, 4.69) is 11.1 Å². The van der Waals surface area contributed by atoms with Gasteiger partial charge in [0.05, 0.1) is 38.5 Å². The number of ether oxygens (including phenoxy) is 2. The smallest absolute Gasteiger partial charge is 0.332 e. The standard InChI is InChI=1S/C21H36N4O9P2/c1-15(2)25(16(3)4)35(33-11-7-9-22)34-19-17(31-12-13-36(28,29-5)30-6)14-32-20(19)24-10-8-18(26)23-21(24)27/h8,10,15-17,19-20H,7,11-14H2,1-6H3,(H,23,26,27)/t17-,19+,20+,35?/m0/s1. The molecule has 0 radical (unpaired) electrons. The van der Waals surface area contributed by atoms with Gasteiger partial charge < -0.3 is 27.6 Å². The highest BCUT2D eigenvalue weighted by molar-refractivity contribution is 7.53. The second kappa shape index (κ2) is 14.5. The van der Waals surface area contributed by atoms with Gasteiger partial charge in [0.1, 0.15) is 12.2 Å². The van der Waals surface area contributed by atoms with Crippen molar-refractivity contribution in [2.75, 3.05) is 40.2 Å². The zero-order valence-electron chi connectivity index (χ0n) is 21.5. The van der Waals surface area contributed by atoms with E-state index in [1.807, 2.05) is 32.4 Å². The topological polar surface area (TPSA) is 154 Å². The molecule has 1 aliphatic rings. The summed E-state index contributed by atoms with van der Waals surface area (Å²) in [5.41, 5.74) is -1.20. The van der Waals surface area contributed by atoms with Crippen LogP contribution in [0.4, 0.5) is 0 Å². The van der Waals surface area contributed by atoms with Crippen LogP contribution in [0.2, 0.25) is 0 Å². The van der Waals surface area contributed by atoms with Gasteiger partial charge in [-0.15, -0.1) is 0 Å². The fraction of sp³-hybridized carbons (Fsp3) is 0.762. The maximum Gasteiger partial charge on any atom is 0.332 e. The van der Waals surface area contributed by atoms with Crippen LogP contribution >= 0.6 is 16.1 Å². The Kier molecular flexibility index (Phi) is 12.4. The second-order valence-electron chi connectivity index (χ2n) is 8.47. The third-order valence-corrected chi connectivity index (χ3v) is 9.30. The lowest BCUT2D eigenvalue weighted by atomic mass is 10.2. The highest BCUT2D eigenvalue weighted by Crippen LogP contribution is 2.50. The molecule has 1 aromatic heterocycles. The molecule has 0 amide bonds. The number of nitrogens with one attached hydrogen (secondary N) is 1. The fourth-order valence-electron chi connectivity index (χ4n) is 3.67. The van der Waals surface area contributed by atoms with Crippen molar-refractivity contribution in [1.29, 1.82) is 5.26 Å². The van der Waals surface area contributed by atoms with Gasteiger partial charge in [-0.2, -0.15) is 5.26 Å². The molecule has 0 aliphatic carbocycles. The number of aromatic amines is 1. The van der Waals surface area contributed by atoms with Gasteiger partial charge in [-0.25, -0.2) is 9.46 Å². The van der Waals surface area contributed by atoms with Crippen LogP contribution in [-0.2, 0) is 32.1 Å². The maximum atomic E-state index is 12.5. The van der Waals surface area contributed by atoms with Crippen LogP contribution in [0, 0.1) is 11.3 Å². The van der Waals surface area contributed by atoms with Gasteiger partial charge in [-0.3, -0.25) is 18.9 Å². The molecule has 2 heterocycles. The molecule has 15 heteroatoms. The van der Waals surface area contributed by atoms with Crippen molar-refractivity contribution >= 4 is 16.1 Å². The molecule has 1 aliphatic heterocycles. The summed E-state index contributed by atoms with van der Waals surface area (Å²) in [7, 11) is -2.40. The number of nitriles is 1. The van der Waals surface area contributed by atoms with E-state index in [9.17, 15) is 14.2 Å². The normalized spacial score (nSPS) is 21.4. The Labute approximate surface area is 212 Å². The molecule has 204 valence electrons. The molecule has 0 saturated carbocycles. The molecule has 0 spiro atoms. The SMILES string of the molecule is COP(=O)(CCO[C@H]1CO[C@@H](n2ccc(=O)[nH]c2=O)[C@@H]1OP(OCCC#N)N(C(C)C)C(C)C)OC. The Hall–Kier alpha value is -1.45. The summed E-state index contributed by atoms with van der Waals surface area (Å²) in [4.78, 5) is 26.3. The highest BCUT2D eigenvalue weighted by atomic mass is 31.2. The fourth-order valence-corrected chi connectivity index (χ4v) is 6.26. The molecule has 1 saturated heterocycles. The minimum Gasteiger partial charge on any atom is -0.372 e. The second-order valence-corrected chi connectivity index (χ2v) is 12.3. The lowest BCUT2D eigenvalue weighted by molar-refractivity contribution is -0.0287. The molecule has 13 nitrogen and oxygen atoms in total. The predicted molar refractivity (Wildman–Crippen MR) is 133 cm³/mol. The van der Waals surface area contributed by atoms with Crippen LogP contribution in [0.1, 0.15) is 40.3 Å². The van der Waals surface area contributed by atoms with Crippen molar-refractivity contribution in [3.8, 4) is 6.07 Å². The van der Waals surface area contributed by atoms with E-state index in [0.717, 1.165) is 0 Å². The van der Waals surface area contributed by atoms with Crippen LogP contribution in [0.25, 0.3) is 0 Å². The number of hydrogen-bond acceptors (Lipinski definition) is 11. The molecule has 0 bridgehead atoms.